The monoisotopic (exact) mass is 194 g/mol. The van der Waals surface area contributed by atoms with Gasteiger partial charge in [-0.05, 0) is 19.1 Å². The Labute approximate surface area is 85.5 Å². The molecule has 0 fully saturated rings. The fraction of sp³-hybridized carbons (Fsp3) is 0.455. The number of ether oxygens (including phenoxy) is 1. The van der Waals surface area contributed by atoms with Gasteiger partial charge in [0.25, 0.3) is 0 Å². The maximum Gasteiger partial charge on any atom is 0.122 e. The van der Waals surface area contributed by atoms with Gasteiger partial charge in [-0.2, -0.15) is 0 Å². The number of nitrogens with two attached hydrogens (primary N) is 1. The van der Waals surface area contributed by atoms with Crippen molar-refractivity contribution in [1.82, 2.24) is 0 Å². The molecule has 0 saturated carbocycles. The number of rotatable bonds is 5. The molecule has 0 saturated heterocycles. The molecule has 1 rings (SSSR count). The Morgan fingerprint density at radius 3 is 2.50 bits per heavy atom. The first-order valence-electron chi connectivity index (χ1n) is 4.86. The highest BCUT2D eigenvalue weighted by atomic mass is 16.5. The fourth-order valence-electron chi connectivity index (χ4n) is 1.35. The van der Waals surface area contributed by atoms with Crippen LogP contribution in [-0.2, 0) is 4.74 Å². The van der Waals surface area contributed by atoms with E-state index in [1.165, 1.54) is 5.69 Å². The number of methoxy groups -OCH3 is 1. The predicted molar refractivity (Wildman–Crippen MR) is 59.3 cm³/mol. The number of hydrogen-bond acceptors (Lipinski definition) is 3. The van der Waals surface area contributed by atoms with Crippen molar-refractivity contribution in [1.29, 1.82) is 0 Å². The van der Waals surface area contributed by atoms with Crippen molar-refractivity contribution in [3.05, 3.63) is 30.3 Å². The van der Waals surface area contributed by atoms with Crippen molar-refractivity contribution < 1.29 is 4.74 Å². The van der Waals surface area contributed by atoms with Crippen LogP contribution in [0.15, 0.2) is 30.3 Å². The Kier molecular flexibility index (Phi) is 4.43. The van der Waals surface area contributed by atoms with E-state index in [-0.39, 0.29) is 6.23 Å². The van der Waals surface area contributed by atoms with E-state index in [0.717, 1.165) is 13.1 Å². The van der Waals surface area contributed by atoms with Crippen LogP contribution in [0.5, 0.6) is 0 Å². The summed E-state index contributed by atoms with van der Waals surface area (Å²) in [6.07, 6.45) is -0.227. The van der Waals surface area contributed by atoms with Crippen molar-refractivity contribution in [3.63, 3.8) is 0 Å². The smallest absolute Gasteiger partial charge is 0.122 e. The summed E-state index contributed by atoms with van der Waals surface area (Å²) in [6.45, 7) is 3.76. The van der Waals surface area contributed by atoms with Crippen LogP contribution in [0.3, 0.4) is 0 Å². The highest BCUT2D eigenvalue weighted by Gasteiger charge is 2.07. The zero-order valence-corrected chi connectivity index (χ0v) is 8.81. The molecule has 1 aromatic rings. The van der Waals surface area contributed by atoms with Crippen LogP contribution in [0.1, 0.15) is 6.92 Å². The van der Waals surface area contributed by atoms with Crippen LogP contribution >= 0.6 is 0 Å². The van der Waals surface area contributed by atoms with E-state index in [1.54, 1.807) is 7.11 Å². The highest BCUT2D eigenvalue weighted by Crippen LogP contribution is 2.12. The minimum atomic E-state index is -0.227. The van der Waals surface area contributed by atoms with Gasteiger partial charge in [-0.15, -0.1) is 0 Å². The van der Waals surface area contributed by atoms with Gasteiger partial charge in [-0.25, -0.2) is 0 Å². The van der Waals surface area contributed by atoms with Gasteiger partial charge in [-0.3, -0.25) is 0 Å². The lowest BCUT2D eigenvalue weighted by molar-refractivity contribution is 0.113. The summed E-state index contributed by atoms with van der Waals surface area (Å²) >= 11 is 0. The van der Waals surface area contributed by atoms with Gasteiger partial charge in [0, 0.05) is 19.3 Å². The lowest BCUT2D eigenvalue weighted by atomic mass is 10.3. The number of benzene rings is 1. The zero-order valence-electron chi connectivity index (χ0n) is 8.81. The van der Waals surface area contributed by atoms with E-state index in [9.17, 15) is 0 Å². The second kappa shape index (κ2) is 5.62. The van der Waals surface area contributed by atoms with Crippen molar-refractivity contribution in [2.24, 2.45) is 5.73 Å². The van der Waals surface area contributed by atoms with E-state index in [1.807, 2.05) is 18.2 Å². The molecule has 1 aromatic carbocycles. The third-order valence-corrected chi connectivity index (χ3v) is 2.21. The van der Waals surface area contributed by atoms with Gasteiger partial charge in [-0.1, -0.05) is 18.2 Å². The first-order valence-corrected chi connectivity index (χ1v) is 4.86. The molecule has 1 atom stereocenters. The van der Waals surface area contributed by atoms with E-state index in [0.29, 0.717) is 0 Å². The molecular formula is C11H18N2O. The molecule has 1 unspecified atom stereocenters. The van der Waals surface area contributed by atoms with Crippen LogP contribution in [0, 0.1) is 0 Å². The zero-order chi connectivity index (χ0) is 10.4. The molecule has 78 valence electrons. The molecule has 14 heavy (non-hydrogen) atoms. The molecule has 0 radical (unpaired) electrons. The minimum Gasteiger partial charge on any atom is -0.368 e. The quantitative estimate of drug-likeness (QED) is 0.721. The highest BCUT2D eigenvalue weighted by molar-refractivity contribution is 5.45. The Bertz CT molecular complexity index is 251. The molecule has 3 nitrogen and oxygen atoms in total. The SMILES string of the molecule is CCN(CC(N)OC)c1ccccc1. The molecule has 3 heteroatoms. The normalized spacial score (nSPS) is 12.5. The lowest BCUT2D eigenvalue weighted by Gasteiger charge is -2.25. The molecule has 0 spiro atoms. The maximum atomic E-state index is 5.72. The van der Waals surface area contributed by atoms with E-state index in [2.05, 4.69) is 24.0 Å². The summed E-state index contributed by atoms with van der Waals surface area (Å²) < 4.78 is 5.04. The van der Waals surface area contributed by atoms with E-state index >= 15 is 0 Å². The summed E-state index contributed by atoms with van der Waals surface area (Å²) in [5.41, 5.74) is 6.91. The Morgan fingerprint density at radius 1 is 1.36 bits per heavy atom. The standard InChI is InChI=1S/C11H18N2O/c1-3-13(9-11(12)14-2)10-7-5-4-6-8-10/h4-8,11H,3,9,12H2,1-2H3. The summed E-state index contributed by atoms with van der Waals surface area (Å²) in [7, 11) is 1.63. The summed E-state index contributed by atoms with van der Waals surface area (Å²) in [5, 5.41) is 0. The average molecular weight is 194 g/mol. The minimum absolute atomic E-state index is 0.227. The van der Waals surface area contributed by atoms with Crippen LogP contribution in [0.4, 0.5) is 5.69 Å². The molecule has 0 aliphatic carbocycles. The molecule has 0 amide bonds. The number of nitrogens with zero attached hydrogens (tertiary/aromatic N) is 1. The van der Waals surface area contributed by atoms with Gasteiger partial charge >= 0.3 is 0 Å². The molecule has 0 heterocycles. The Balaban J connectivity index is 2.63. The van der Waals surface area contributed by atoms with Gasteiger partial charge in [0.15, 0.2) is 0 Å². The summed E-state index contributed by atoms with van der Waals surface area (Å²) in [6, 6.07) is 10.2. The van der Waals surface area contributed by atoms with Crippen molar-refractivity contribution in [2.75, 3.05) is 25.1 Å². The Morgan fingerprint density at radius 2 is 2.00 bits per heavy atom. The van der Waals surface area contributed by atoms with E-state index < -0.39 is 0 Å². The van der Waals surface area contributed by atoms with Crippen molar-refractivity contribution in [3.8, 4) is 0 Å². The second-order valence-electron chi connectivity index (χ2n) is 3.15. The number of hydrogen-bond donors (Lipinski definition) is 1. The molecule has 0 aromatic heterocycles. The van der Waals surface area contributed by atoms with Crippen LogP contribution in [-0.4, -0.2) is 26.4 Å². The summed E-state index contributed by atoms with van der Waals surface area (Å²) in [5.74, 6) is 0. The molecule has 2 N–H and O–H groups in total. The number of para-hydroxylation sites is 1. The van der Waals surface area contributed by atoms with Gasteiger partial charge in [0.1, 0.15) is 6.23 Å². The number of anilines is 1. The van der Waals surface area contributed by atoms with Crippen LogP contribution in [0.2, 0.25) is 0 Å². The molecule has 0 aliphatic rings. The van der Waals surface area contributed by atoms with Crippen molar-refractivity contribution >= 4 is 5.69 Å². The molecule has 0 aliphatic heterocycles. The van der Waals surface area contributed by atoms with Crippen LogP contribution in [0.25, 0.3) is 0 Å². The third kappa shape index (κ3) is 3.01. The van der Waals surface area contributed by atoms with E-state index in [4.69, 9.17) is 10.5 Å². The largest absolute Gasteiger partial charge is 0.368 e. The van der Waals surface area contributed by atoms with Gasteiger partial charge in [0.2, 0.25) is 0 Å². The predicted octanol–water partition coefficient (Wildman–Crippen LogP) is 1.44. The number of likely N-dealkylation sites (N-methyl/N-ethyl adjacent to an activating group) is 1. The fourth-order valence-corrected chi connectivity index (χ4v) is 1.35. The topological polar surface area (TPSA) is 38.5 Å². The maximum absolute atomic E-state index is 5.72. The van der Waals surface area contributed by atoms with Crippen LogP contribution < -0.4 is 10.6 Å². The van der Waals surface area contributed by atoms with Gasteiger partial charge < -0.3 is 15.4 Å². The third-order valence-electron chi connectivity index (χ3n) is 2.21. The Hall–Kier alpha value is -1.06. The lowest BCUT2D eigenvalue weighted by Crippen LogP contribution is -2.38. The molecule has 0 bridgehead atoms. The second-order valence-corrected chi connectivity index (χ2v) is 3.15. The first kappa shape index (κ1) is 11.0. The van der Waals surface area contributed by atoms with Crippen molar-refractivity contribution in [2.45, 2.75) is 13.2 Å². The van der Waals surface area contributed by atoms with Gasteiger partial charge in [0.05, 0.1) is 6.54 Å². The average Bonchev–Trinajstić information content (AvgIpc) is 2.26. The summed E-state index contributed by atoms with van der Waals surface area (Å²) in [4.78, 5) is 2.19. The first-order chi connectivity index (χ1) is 6.77. The molecular weight excluding hydrogens is 176 g/mol.